The Morgan fingerprint density at radius 3 is 2.73 bits per heavy atom. The molecular formula is C23H26N2O. The van der Waals surface area contributed by atoms with Gasteiger partial charge in [0.25, 0.3) is 0 Å². The van der Waals surface area contributed by atoms with Crippen LogP contribution in [0.15, 0.2) is 48.2 Å². The quantitative estimate of drug-likeness (QED) is 0.727. The van der Waals surface area contributed by atoms with Crippen molar-refractivity contribution in [2.24, 2.45) is 11.3 Å². The average Bonchev–Trinajstić information content (AvgIpc) is 3.01. The van der Waals surface area contributed by atoms with Crippen LogP contribution in [0.2, 0.25) is 0 Å². The van der Waals surface area contributed by atoms with Crippen LogP contribution in [0.4, 0.5) is 0 Å². The second-order valence-electron chi connectivity index (χ2n) is 8.16. The molecule has 0 radical (unpaired) electrons. The van der Waals surface area contributed by atoms with Crippen LogP contribution in [0.3, 0.4) is 0 Å². The minimum absolute atomic E-state index is 0.0378. The number of fused-ring (bicyclic) bond motifs is 2. The van der Waals surface area contributed by atoms with Crippen molar-refractivity contribution < 1.29 is 4.79 Å². The zero-order chi connectivity index (χ0) is 18.5. The molecule has 1 aromatic heterocycles. The fourth-order valence-electron chi connectivity index (χ4n) is 4.65. The number of ketones is 1. The van der Waals surface area contributed by atoms with Crippen molar-refractivity contribution in [1.29, 1.82) is 0 Å². The predicted molar refractivity (Wildman–Crippen MR) is 105 cm³/mol. The maximum absolute atomic E-state index is 12.8. The first-order chi connectivity index (χ1) is 12.4. The van der Waals surface area contributed by atoms with Crippen LogP contribution in [-0.4, -0.2) is 15.6 Å². The highest BCUT2D eigenvalue weighted by Crippen LogP contribution is 2.51. The fourth-order valence-corrected chi connectivity index (χ4v) is 4.65. The van der Waals surface area contributed by atoms with Crippen LogP contribution in [0.25, 0.3) is 11.8 Å². The Labute approximate surface area is 155 Å². The fraction of sp³-hybridized carbons (Fsp3) is 0.391. The summed E-state index contributed by atoms with van der Waals surface area (Å²) in [5, 5.41) is 4.66. The molecule has 2 aliphatic rings. The highest BCUT2D eigenvalue weighted by molar-refractivity contribution is 5.97. The second kappa shape index (κ2) is 6.08. The van der Waals surface area contributed by atoms with Crippen LogP contribution in [0.5, 0.6) is 0 Å². The molecule has 1 unspecified atom stereocenters. The Balaban J connectivity index is 1.77. The molecule has 0 amide bonds. The number of Topliss-reactive ketones (excluding diaryl/α,β-unsaturated/α-hetero) is 1. The molecule has 1 heterocycles. The molecule has 1 saturated carbocycles. The van der Waals surface area contributed by atoms with Crippen molar-refractivity contribution in [2.45, 2.75) is 46.5 Å². The van der Waals surface area contributed by atoms with E-state index in [1.54, 1.807) is 0 Å². The van der Waals surface area contributed by atoms with Gasteiger partial charge in [0.15, 0.2) is 5.78 Å². The van der Waals surface area contributed by atoms with Gasteiger partial charge in [-0.2, -0.15) is 5.10 Å². The van der Waals surface area contributed by atoms with Gasteiger partial charge in [0, 0.05) is 11.3 Å². The number of allylic oxidation sites excluding steroid dienone is 2. The number of benzene rings is 1. The lowest BCUT2D eigenvalue weighted by atomic mass is 9.58. The molecule has 1 fully saturated rings. The molecule has 1 aromatic carbocycles. The number of aromatic nitrogens is 2. The Bertz CT molecular complexity index is 916. The minimum Gasteiger partial charge on any atom is -0.294 e. The van der Waals surface area contributed by atoms with Crippen molar-refractivity contribution in [2.75, 3.05) is 0 Å². The standard InChI is InChI=1S/C23H26N2O/c1-15(2)22(26)20-7-5-6-18-12-21-17(13-23(18,20)4)14-24-25(21)19-10-8-16(3)9-11-19/h8-12,14,20H,1,5-7,13H2,2-4H3/t20?,23-/m0/s1. The number of aryl methyl sites for hydroxylation is 1. The second-order valence-corrected chi connectivity index (χ2v) is 8.16. The van der Waals surface area contributed by atoms with Gasteiger partial charge in [-0.3, -0.25) is 4.79 Å². The van der Waals surface area contributed by atoms with E-state index in [9.17, 15) is 4.79 Å². The lowest BCUT2D eigenvalue weighted by molar-refractivity contribution is -0.123. The van der Waals surface area contributed by atoms with E-state index in [0.717, 1.165) is 31.4 Å². The van der Waals surface area contributed by atoms with E-state index < -0.39 is 0 Å². The van der Waals surface area contributed by atoms with E-state index in [1.807, 2.05) is 17.8 Å². The first-order valence-corrected chi connectivity index (χ1v) is 9.45. The number of carbonyl (C=O) groups is 1. The third kappa shape index (κ3) is 2.57. The Kier molecular flexibility index (Phi) is 3.98. The molecule has 0 N–H and O–H groups in total. The molecule has 2 atom stereocenters. The number of hydrogen-bond acceptors (Lipinski definition) is 2. The zero-order valence-corrected chi connectivity index (χ0v) is 15.9. The van der Waals surface area contributed by atoms with Gasteiger partial charge in [-0.05, 0) is 68.9 Å². The Morgan fingerprint density at radius 1 is 1.31 bits per heavy atom. The summed E-state index contributed by atoms with van der Waals surface area (Å²) in [6, 6.07) is 8.46. The largest absolute Gasteiger partial charge is 0.294 e. The zero-order valence-electron chi connectivity index (χ0n) is 15.9. The van der Waals surface area contributed by atoms with E-state index in [-0.39, 0.29) is 17.1 Å². The van der Waals surface area contributed by atoms with Crippen LogP contribution >= 0.6 is 0 Å². The molecule has 3 heteroatoms. The lowest BCUT2D eigenvalue weighted by Gasteiger charge is -2.45. The number of nitrogens with zero attached hydrogens (tertiary/aromatic N) is 2. The third-order valence-electron chi connectivity index (χ3n) is 6.21. The summed E-state index contributed by atoms with van der Waals surface area (Å²) < 4.78 is 2.03. The summed E-state index contributed by atoms with van der Waals surface area (Å²) in [7, 11) is 0. The third-order valence-corrected chi connectivity index (χ3v) is 6.21. The van der Waals surface area contributed by atoms with E-state index in [4.69, 9.17) is 0 Å². The van der Waals surface area contributed by atoms with Gasteiger partial charge in [0.05, 0.1) is 17.6 Å². The molecule has 26 heavy (non-hydrogen) atoms. The van der Waals surface area contributed by atoms with E-state index in [2.05, 4.69) is 55.9 Å². The summed E-state index contributed by atoms with van der Waals surface area (Å²) in [5.41, 5.74) is 6.70. The number of rotatable bonds is 3. The molecular weight excluding hydrogens is 320 g/mol. The molecule has 3 nitrogen and oxygen atoms in total. The molecule has 134 valence electrons. The van der Waals surface area contributed by atoms with Gasteiger partial charge in [-0.1, -0.05) is 36.8 Å². The van der Waals surface area contributed by atoms with Gasteiger partial charge in [0.2, 0.25) is 0 Å². The van der Waals surface area contributed by atoms with Crippen molar-refractivity contribution in [3.63, 3.8) is 0 Å². The topological polar surface area (TPSA) is 34.9 Å². The monoisotopic (exact) mass is 346 g/mol. The predicted octanol–water partition coefficient (Wildman–Crippen LogP) is 5.07. The van der Waals surface area contributed by atoms with Crippen LogP contribution in [0, 0.1) is 18.3 Å². The summed E-state index contributed by atoms with van der Waals surface area (Å²) >= 11 is 0. The first-order valence-electron chi connectivity index (χ1n) is 9.45. The summed E-state index contributed by atoms with van der Waals surface area (Å²) in [4.78, 5) is 12.8. The van der Waals surface area contributed by atoms with Crippen molar-refractivity contribution in [3.05, 3.63) is 65.0 Å². The van der Waals surface area contributed by atoms with Gasteiger partial charge in [-0.25, -0.2) is 4.68 Å². The summed E-state index contributed by atoms with van der Waals surface area (Å²) in [6.45, 7) is 10.1. The van der Waals surface area contributed by atoms with Gasteiger partial charge >= 0.3 is 0 Å². The normalized spacial score (nSPS) is 24.4. The first kappa shape index (κ1) is 17.0. The smallest absolute Gasteiger partial charge is 0.161 e. The molecule has 2 aromatic rings. The average molecular weight is 346 g/mol. The summed E-state index contributed by atoms with van der Waals surface area (Å²) in [5.74, 6) is 0.267. The molecule has 0 aliphatic heterocycles. The molecule has 4 rings (SSSR count). The molecule has 0 bridgehead atoms. The van der Waals surface area contributed by atoms with Gasteiger partial charge in [0.1, 0.15) is 0 Å². The lowest BCUT2D eigenvalue weighted by Crippen LogP contribution is -2.41. The highest BCUT2D eigenvalue weighted by atomic mass is 16.1. The van der Waals surface area contributed by atoms with E-state index in [0.29, 0.717) is 5.57 Å². The summed E-state index contributed by atoms with van der Waals surface area (Å²) in [6.07, 6.45) is 8.24. The minimum atomic E-state index is -0.109. The van der Waals surface area contributed by atoms with Gasteiger partial charge < -0.3 is 0 Å². The molecule has 0 spiro atoms. The van der Waals surface area contributed by atoms with E-state index in [1.165, 1.54) is 22.4 Å². The van der Waals surface area contributed by atoms with Crippen LogP contribution in [-0.2, 0) is 11.2 Å². The van der Waals surface area contributed by atoms with Crippen LogP contribution < -0.4 is 0 Å². The Hall–Kier alpha value is -2.42. The van der Waals surface area contributed by atoms with Crippen molar-refractivity contribution >= 4 is 11.9 Å². The molecule has 0 saturated heterocycles. The Morgan fingerprint density at radius 2 is 2.04 bits per heavy atom. The van der Waals surface area contributed by atoms with Crippen molar-refractivity contribution in [3.8, 4) is 5.69 Å². The SMILES string of the molecule is C=C(C)C(=O)C1CCCC2=Cc3c(cnn3-c3ccc(C)cc3)C[C@@]21C. The van der Waals surface area contributed by atoms with Gasteiger partial charge in [-0.15, -0.1) is 0 Å². The van der Waals surface area contributed by atoms with E-state index >= 15 is 0 Å². The van der Waals surface area contributed by atoms with Crippen LogP contribution in [0.1, 0.15) is 49.9 Å². The van der Waals surface area contributed by atoms with Crippen molar-refractivity contribution in [1.82, 2.24) is 9.78 Å². The number of hydrogen-bond donors (Lipinski definition) is 0. The highest BCUT2D eigenvalue weighted by Gasteiger charge is 2.46. The number of carbonyl (C=O) groups excluding carboxylic acids is 1. The maximum atomic E-state index is 12.8. The molecule has 2 aliphatic carbocycles. The maximum Gasteiger partial charge on any atom is 0.161 e.